The van der Waals surface area contributed by atoms with Gasteiger partial charge in [0.05, 0.1) is 5.56 Å². The zero-order valence-corrected chi connectivity index (χ0v) is 12.5. The van der Waals surface area contributed by atoms with Gasteiger partial charge in [-0.1, -0.05) is 13.8 Å². The maximum atomic E-state index is 12.5. The van der Waals surface area contributed by atoms with Gasteiger partial charge in [0.2, 0.25) is 0 Å². The van der Waals surface area contributed by atoms with E-state index in [-0.39, 0.29) is 5.54 Å². The molecule has 0 atom stereocenters. The van der Waals surface area contributed by atoms with E-state index in [9.17, 15) is 13.2 Å². The zero-order chi connectivity index (χ0) is 14.7. The molecule has 1 aromatic carbocycles. The molecule has 0 aliphatic rings. The molecule has 19 heavy (non-hydrogen) atoms. The molecular formula is C13H18BrF3N2. The first kappa shape index (κ1) is 16.3. The van der Waals surface area contributed by atoms with Crippen molar-refractivity contribution in [2.75, 3.05) is 11.9 Å². The van der Waals surface area contributed by atoms with Crippen LogP contribution in [0.1, 0.15) is 32.3 Å². The summed E-state index contributed by atoms with van der Waals surface area (Å²) in [5.41, 5.74) is 5.73. The normalized spacial score (nSPS) is 12.6. The summed E-state index contributed by atoms with van der Waals surface area (Å²) >= 11 is 3.15. The summed E-state index contributed by atoms with van der Waals surface area (Å²) in [4.78, 5) is 0. The van der Waals surface area contributed by atoms with Crippen molar-refractivity contribution >= 4 is 21.6 Å². The Labute approximate surface area is 119 Å². The van der Waals surface area contributed by atoms with E-state index in [2.05, 4.69) is 21.2 Å². The molecule has 1 rings (SSSR count). The lowest BCUT2D eigenvalue weighted by molar-refractivity contribution is -0.137. The predicted molar refractivity (Wildman–Crippen MR) is 75.1 cm³/mol. The van der Waals surface area contributed by atoms with Gasteiger partial charge in [0.25, 0.3) is 0 Å². The first-order valence-electron chi connectivity index (χ1n) is 6.11. The van der Waals surface area contributed by atoms with E-state index in [1.807, 2.05) is 13.8 Å². The smallest absolute Gasteiger partial charge is 0.382 e. The molecule has 0 unspecified atom stereocenters. The number of benzene rings is 1. The van der Waals surface area contributed by atoms with Gasteiger partial charge >= 0.3 is 6.18 Å². The van der Waals surface area contributed by atoms with Crippen LogP contribution in [0.5, 0.6) is 0 Å². The standard InChI is InChI=1S/C13H18BrF3N2/c1-3-12(18,4-2)8-19-11-6-5-9(7-10(11)14)13(15,16)17/h5-7,19H,3-4,8,18H2,1-2H3. The fraction of sp³-hybridized carbons (Fsp3) is 0.538. The van der Waals surface area contributed by atoms with Crippen LogP contribution in [0, 0.1) is 0 Å². The second-order valence-corrected chi connectivity index (χ2v) is 5.47. The molecule has 0 heterocycles. The molecule has 108 valence electrons. The van der Waals surface area contributed by atoms with Gasteiger partial charge in [-0.2, -0.15) is 13.2 Å². The summed E-state index contributed by atoms with van der Waals surface area (Å²) in [6, 6.07) is 3.54. The maximum absolute atomic E-state index is 12.5. The quantitative estimate of drug-likeness (QED) is 0.835. The Bertz CT molecular complexity index is 428. The third-order valence-electron chi connectivity index (χ3n) is 3.34. The van der Waals surface area contributed by atoms with E-state index >= 15 is 0 Å². The molecule has 0 bridgehead atoms. The first-order valence-corrected chi connectivity index (χ1v) is 6.90. The molecule has 2 nitrogen and oxygen atoms in total. The maximum Gasteiger partial charge on any atom is 0.416 e. The average molecular weight is 339 g/mol. The van der Waals surface area contributed by atoms with Crippen LogP contribution >= 0.6 is 15.9 Å². The lowest BCUT2D eigenvalue weighted by Gasteiger charge is -2.27. The highest BCUT2D eigenvalue weighted by Gasteiger charge is 2.31. The van der Waals surface area contributed by atoms with Gasteiger partial charge in [0.15, 0.2) is 0 Å². The molecule has 0 amide bonds. The number of anilines is 1. The van der Waals surface area contributed by atoms with E-state index < -0.39 is 11.7 Å². The minimum absolute atomic E-state index is 0.345. The van der Waals surface area contributed by atoms with Gasteiger partial charge in [0.1, 0.15) is 0 Å². The summed E-state index contributed by atoms with van der Waals surface area (Å²) in [5.74, 6) is 0. The highest BCUT2D eigenvalue weighted by Crippen LogP contribution is 2.34. The van der Waals surface area contributed by atoms with Crippen molar-refractivity contribution in [3.8, 4) is 0 Å². The lowest BCUT2D eigenvalue weighted by atomic mass is 9.94. The van der Waals surface area contributed by atoms with Crippen LogP contribution in [0.3, 0.4) is 0 Å². The topological polar surface area (TPSA) is 38.0 Å². The van der Waals surface area contributed by atoms with E-state index in [1.54, 1.807) is 0 Å². The van der Waals surface area contributed by atoms with Crippen molar-refractivity contribution in [1.82, 2.24) is 0 Å². The third-order valence-corrected chi connectivity index (χ3v) is 3.99. The zero-order valence-electron chi connectivity index (χ0n) is 10.9. The van der Waals surface area contributed by atoms with E-state index in [0.29, 0.717) is 16.7 Å². The summed E-state index contributed by atoms with van der Waals surface area (Å²) in [6.45, 7) is 4.50. The van der Waals surface area contributed by atoms with Gasteiger partial charge in [-0.3, -0.25) is 0 Å². The highest BCUT2D eigenvalue weighted by molar-refractivity contribution is 9.10. The molecular weight excluding hydrogens is 321 g/mol. The summed E-state index contributed by atoms with van der Waals surface area (Å²) in [6.07, 6.45) is -2.73. The number of hydrogen-bond acceptors (Lipinski definition) is 2. The van der Waals surface area contributed by atoms with E-state index in [0.717, 1.165) is 25.0 Å². The van der Waals surface area contributed by atoms with Gasteiger partial charge in [0, 0.05) is 22.2 Å². The second kappa shape index (κ2) is 6.13. The van der Waals surface area contributed by atoms with Gasteiger partial charge < -0.3 is 11.1 Å². The molecule has 6 heteroatoms. The Morgan fingerprint density at radius 3 is 2.21 bits per heavy atom. The largest absolute Gasteiger partial charge is 0.416 e. The number of halogens is 4. The minimum atomic E-state index is -4.33. The summed E-state index contributed by atoms with van der Waals surface area (Å²) in [5, 5.41) is 3.09. The Hall–Kier alpha value is -0.750. The molecule has 0 aliphatic carbocycles. The Balaban J connectivity index is 2.82. The summed E-state index contributed by atoms with van der Waals surface area (Å²) < 4.78 is 38.0. The predicted octanol–water partition coefficient (Wildman–Crippen LogP) is 4.40. The van der Waals surface area contributed by atoms with Crippen LogP contribution in [-0.2, 0) is 6.18 Å². The molecule has 3 N–H and O–H groups in total. The molecule has 0 saturated heterocycles. The van der Waals surface area contributed by atoms with Crippen LogP contribution in [0.15, 0.2) is 22.7 Å². The Morgan fingerprint density at radius 2 is 1.79 bits per heavy atom. The molecule has 0 saturated carbocycles. The lowest BCUT2D eigenvalue weighted by Crippen LogP contribution is -2.45. The molecule has 0 radical (unpaired) electrons. The molecule has 0 aromatic heterocycles. The van der Waals surface area contributed by atoms with Crippen LogP contribution in [-0.4, -0.2) is 12.1 Å². The van der Waals surface area contributed by atoms with Gasteiger partial charge in [-0.15, -0.1) is 0 Å². The van der Waals surface area contributed by atoms with Crippen LogP contribution in [0.4, 0.5) is 18.9 Å². The SMILES string of the molecule is CCC(N)(CC)CNc1ccc(C(F)(F)F)cc1Br. The average Bonchev–Trinajstić information content (AvgIpc) is 2.35. The number of alkyl halides is 3. The van der Waals surface area contributed by atoms with E-state index in [1.165, 1.54) is 6.07 Å². The number of rotatable bonds is 5. The highest BCUT2D eigenvalue weighted by atomic mass is 79.9. The van der Waals surface area contributed by atoms with Crippen molar-refractivity contribution in [2.24, 2.45) is 5.73 Å². The van der Waals surface area contributed by atoms with Crippen molar-refractivity contribution < 1.29 is 13.2 Å². The van der Waals surface area contributed by atoms with Crippen LogP contribution in [0.25, 0.3) is 0 Å². The molecule has 0 fully saturated rings. The number of nitrogens with one attached hydrogen (secondary N) is 1. The van der Waals surface area contributed by atoms with E-state index in [4.69, 9.17) is 5.73 Å². The van der Waals surface area contributed by atoms with Crippen molar-refractivity contribution in [3.63, 3.8) is 0 Å². The molecule has 0 aliphatic heterocycles. The summed E-state index contributed by atoms with van der Waals surface area (Å²) in [7, 11) is 0. The van der Waals surface area contributed by atoms with Crippen molar-refractivity contribution in [1.29, 1.82) is 0 Å². The molecule has 0 spiro atoms. The second-order valence-electron chi connectivity index (χ2n) is 4.62. The molecule has 1 aromatic rings. The monoisotopic (exact) mass is 338 g/mol. The van der Waals surface area contributed by atoms with Crippen molar-refractivity contribution in [3.05, 3.63) is 28.2 Å². The number of nitrogens with two attached hydrogens (primary N) is 1. The Kier molecular flexibility index (Phi) is 5.26. The number of hydrogen-bond donors (Lipinski definition) is 2. The Morgan fingerprint density at radius 1 is 1.21 bits per heavy atom. The van der Waals surface area contributed by atoms with Gasteiger partial charge in [-0.25, -0.2) is 0 Å². The fourth-order valence-corrected chi connectivity index (χ4v) is 2.13. The van der Waals surface area contributed by atoms with Crippen molar-refractivity contribution in [2.45, 2.75) is 38.4 Å². The van der Waals surface area contributed by atoms with Crippen LogP contribution in [0.2, 0.25) is 0 Å². The van der Waals surface area contributed by atoms with Gasteiger partial charge in [-0.05, 0) is 47.0 Å². The fourth-order valence-electron chi connectivity index (χ4n) is 1.61. The first-order chi connectivity index (χ1) is 8.72. The minimum Gasteiger partial charge on any atom is -0.382 e. The third kappa shape index (κ3) is 4.38. The van der Waals surface area contributed by atoms with Crippen LogP contribution < -0.4 is 11.1 Å².